The van der Waals surface area contributed by atoms with E-state index in [0.717, 1.165) is 10.9 Å². The van der Waals surface area contributed by atoms with Gasteiger partial charge in [0.05, 0.1) is 11.2 Å². The first-order valence-electron chi connectivity index (χ1n) is 4.98. The quantitative estimate of drug-likeness (QED) is 0.416. The molecule has 0 atom stereocenters. The molecule has 18 heavy (non-hydrogen) atoms. The Morgan fingerprint density at radius 2 is 2.33 bits per heavy atom. The maximum absolute atomic E-state index is 8.68. The summed E-state index contributed by atoms with van der Waals surface area (Å²) in [7, 11) is 0. The zero-order chi connectivity index (χ0) is 13.0. The first-order valence-corrected chi connectivity index (χ1v) is 4.98. The van der Waals surface area contributed by atoms with Crippen LogP contribution in [0.4, 0.5) is 5.69 Å². The minimum Gasteiger partial charge on any atom is -0.382 e. The minimum absolute atomic E-state index is 0.167. The van der Waals surface area contributed by atoms with Crippen molar-refractivity contribution < 1.29 is 0 Å². The molecule has 4 N–H and O–H groups in total. The summed E-state index contributed by atoms with van der Waals surface area (Å²) in [5.74, 6) is -0.380. The molecular formula is C11H9N7. The Bertz CT molecular complexity index is 668. The van der Waals surface area contributed by atoms with Crippen LogP contribution in [0.2, 0.25) is 0 Å². The van der Waals surface area contributed by atoms with Gasteiger partial charge in [0.2, 0.25) is 5.71 Å². The number of rotatable bonds is 3. The van der Waals surface area contributed by atoms with Gasteiger partial charge < -0.3 is 5.73 Å². The fourth-order valence-corrected chi connectivity index (χ4v) is 1.32. The number of hydrogen-bond acceptors (Lipinski definition) is 6. The van der Waals surface area contributed by atoms with Gasteiger partial charge in [-0.1, -0.05) is 0 Å². The third kappa shape index (κ3) is 2.38. The number of amidine groups is 1. The van der Waals surface area contributed by atoms with Gasteiger partial charge in [0.1, 0.15) is 12.4 Å². The summed E-state index contributed by atoms with van der Waals surface area (Å²) in [5, 5.41) is 20.4. The number of aromatic nitrogens is 2. The topological polar surface area (TPSA) is 124 Å². The van der Waals surface area contributed by atoms with Crippen molar-refractivity contribution in [2.75, 3.05) is 5.43 Å². The van der Waals surface area contributed by atoms with Gasteiger partial charge in [0, 0.05) is 11.6 Å². The Kier molecular flexibility index (Phi) is 3.11. The molecule has 0 radical (unpaired) electrons. The van der Waals surface area contributed by atoms with Crippen LogP contribution in [0.15, 0.2) is 35.8 Å². The van der Waals surface area contributed by atoms with Gasteiger partial charge in [0.15, 0.2) is 5.84 Å². The molecule has 0 saturated heterocycles. The third-order valence-electron chi connectivity index (χ3n) is 2.16. The van der Waals surface area contributed by atoms with Crippen LogP contribution >= 0.6 is 0 Å². The van der Waals surface area contributed by atoms with Crippen molar-refractivity contribution in [2.45, 2.75) is 0 Å². The number of nitrogens with two attached hydrogens (primary N) is 1. The molecule has 88 valence electrons. The first kappa shape index (κ1) is 11.5. The van der Waals surface area contributed by atoms with Crippen LogP contribution in [0, 0.1) is 16.7 Å². The molecule has 0 aliphatic heterocycles. The molecule has 0 fully saturated rings. The smallest absolute Gasteiger partial charge is 0.201 e. The highest BCUT2D eigenvalue weighted by molar-refractivity contribution is 6.45. The molecule has 2 rings (SSSR count). The monoisotopic (exact) mass is 239 g/mol. The summed E-state index contributed by atoms with van der Waals surface area (Å²) in [4.78, 5) is 7.99. The average Bonchev–Trinajstić information content (AvgIpc) is 2.39. The van der Waals surface area contributed by atoms with Crippen molar-refractivity contribution in [1.29, 1.82) is 10.7 Å². The molecule has 0 aliphatic rings. The molecule has 0 saturated carbocycles. The van der Waals surface area contributed by atoms with Gasteiger partial charge in [0.25, 0.3) is 0 Å². The number of hydrogen-bond donors (Lipinski definition) is 3. The summed E-state index contributed by atoms with van der Waals surface area (Å²) < 4.78 is 0. The number of nitrogens with one attached hydrogen (secondary N) is 2. The second kappa shape index (κ2) is 4.88. The lowest BCUT2D eigenvalue weighted by atomic mass is 10.2. The molecule has 0 unspecified atom stereocenters. The van der Waals surface area contributed by atoms with Crippen molar-refractivity contribution in [3.63, 3.8) is 0 Å². The highest BCUT2D eigenvalue weighted by Gasteiger charge is 2.01. The zero-order valence-electron chi connectivity index (χ0n) is 9.25. The second-order valence-electron chi connectivity index (χ2n) is 3.39. The Balaban J connectivity index is 2.28. The van der Waals surface area contributed by atoms with Crippen LogP contribution in [0.1, 0.15) is 0 Å². The van der Waals surface area contributed by atoms with Crippen molar-refractivity contribution in [2.24, 2.45) is 10.8 Å². The summed E-state index contributed by atoms with van der Waals surface area (Å²) in [6.07, 6.45) is 3.14. The molecule has 0 bridgehead atoms. The lowest BCUT2D eigenvalue weighted by Gasteiger charge is -2.02. The second-order valence-corrected chi connectivity index (χ2v) is 3.39. The SMILES string of the molecule is N#C/C(=N\Nc1ccc2ncncc2c1)C(=N)N. The molecule has 7 heteroatoms. The van der Waals surface area contributed by atoms with E-state index in [4.69, 9.17) is 16.4 Å². The number of nitrogens with zero attached hydrogens (tertiary/aromatic N) is 4. The van der Waals surface area contributed by atoms with E-state index < -0.39 is 0 Å². The van der Waals surface area contributed by atoms with Gasteiger partial charge in [-0.2, -0.15) is 10.4 Å². The third-order valence-corrected chi connectivity index (χ3v) is 2.16. The van der Waals surface area contributed by atoms with E-state index in [-0.39, 0.29) is 11.5 Å². The van der Waals surface area contributed by atoms with Gasteiger partial charge in [-0.05, 0) is 18.2 Å². The predicted molar refractivity (Wildman–Crippen MR) is 68.1 cm³/mol. The van der Waals surface area contributed by atoms with Crippen molar-refractivity contribution in [3.05, 3.63) is 30.7 Å². The lowest BCUT2D eigenvalue weighted by Crippen LogP contribution is -2.21. The molecule has 7 nitrogen and oxygen atoms in total. The fraction of sp³-hybridized carbons (Fsp3) is 0. The van der Waals surface area contributed by atoms with Crippen LogP contribution in [-0.2, 0) is 0 Å². The van der Waals surface area contributed by atoms with Crippen LogP contribution in [-0.4, -0.2) is 21.5 Å². The van der Waals surface area contributed by atoms with E-state index in [9.17, 15) is 0 Å². The molecule has 0 aliphatic carbocycles. The average molecular weight is 239 g/mol. The highest BCUT2D eigenvalue weighted by atomic mass is 15.3. The molecular weight excluding hydrogens is 230 g/mol. The highest BCUT2D eigenvalue weighted by Crippen LogP contribution is 2.15. The fourth-order valence-electron chi connectivity index (χ4n) is 1.32. The Morgan fingerprint density at radius 1 is 1.50 bits per heavy atom. The molecule has 0 amide bonds. The van der Waals surface area contributed by atoms with E-state index in [1.807, 2.05) is 0 Å². The molecule has 1 aromatic carbocycles. The summed E-state index contributed by atoms with van der Waals surface area (Å²) in [5.41, 5.74) is 9.13. The Morgan fingerprint density at radius 3 is 3.06 bits per heavy atom. The van der Waals surface area contributed by atoms with Gasteiger partial charge >= 0.3 is 0 Å². The van der Waals surface area contributed by atoms with Gasteiger partial charge in [-0.25, -0.2) is 9.97 Å². The van der Waals surface area contributed by atoms with Crippen LogP contribution in [0.5, 0.6) is 0 Å². The normalized spacial score (nSPS) is 10.9. The van der Waals surface area contributed by atoms with E-state index in [0.29, 0.717) is 5.69 Å². The van der Waals surface area contributed by atoms with Crippen LogP contribution in [0.3, 0.4) is 0 Å². The van der Waals surface area contributed by atoms with Crippen molar-refractivity contribution in [1.82, 2.24) is 9.97 Å². The van der Waals surface area contributed by atoms with Crippen molar-refractivity contribution >= 4 is 28.1 Å². The number of hydrazone groups is 1. The number of nitriles is 1. The lowest BCUT2D eigenvalue weighted by molar-refractivity contribution is 1.22. The molecule has 1 heterocycles. The minimum atomic E-state index is -0.380. The maximum Gasteiger partial charge on any atom is 0.201 e. The number of fused-ring (bicyclic) bond motifs is 1. The van der Waals surface area contributed by atoms with E-state index in [1.165, 1.54) is 6.33 Å². The van der Waals surface area contributed by atoms with Crippen molar-refractivity contribution in [3.8, 4) is 6.07 Å². The van der Waals surface area contributed by atoms with E-state index >= 15 is 0 Å². The maximum atomic E-state index is 8.68. The largest absolute Gasteiger partial charge is 0.382 e. The standard InChI is InChI=1S/C11H9N7/c12-4-10(11(13)14)18-17-8-1-2-9-7(3-8)5-15-6-16-9/h1-3,5-6,17H,(H3,13,14)/b18-10+. The molecule has 1 aromatic heterocycles. The Labute approximate surface area is 102 Å². The first-order chi connectivity index (χ1) is 8.70. The summed E-state index contributed by atoms with van der Waals surface area (Å²) >= 11 is 0. The van der Waals surface area contributed by atoms with E-state index in [1.54, 1.807) is 30.5 Å². The van der Waals surface area contributed by atoms with Gasteiger partial charge in [-0.15, -0.1) is 0 Å². The van der Waals surface area contributed by atoms with Gasteiger partial charge in [-0.3, -0.25) is 10.8 Å². The Hall–Kier alpha value is -3.01. The van der Waals surface area contributed by atoms with E-state index in [2.05, 4.69) is 20.5 Å². The number of anilines is 1. The number of benzene rings is 1. The molecule has 2 aromatic rings. The zero-order valence-corrected chi connectivity index (χ0v) is 9.25. The predicted octanol–water partition coefficient (Wildman–Crippen LogP) is 0.857. The molecule has 0 spiro atoms. The van der Waals surface area contributed by atoms with Crippen LogP contribution in [0.25, 0.3) is 10.9 Å². The summed E-state index contributed by atoms with van der Waals surface area (Å²) in [6, 6.07) is 7.07. The summed E-state index contributed by atoms with van der Waals surface area (Å²) in [6.45, 7) is 0. The van der Waals surface area contributed by atoms with Crippen LogP contribution < -0.4 is 11.2 Å².